The zero-order valence-corrected chi connectivity index (χ0v) is 10.8. The zero-order chi connectivity index (χ0) is 13.1. The first-order valence-corrected chi connectivity index (χ1v) is 6.33. The summed E-state index contributed by atoms with van der Waals surface area (Å²) in [6.45, 7) is 6.04. The van der Waals surface area contributed by atoms with E-state index in [1.165, 1.54) is 6.20 Å². The minimum Gasteiger partial charge on any atom is -0.396 e. The third-order valence-corrected chi connectivity index (χ3v) is 3.41. The summed E-state index contributed by atoms with van der Waals surface area (Å²) in [7, 11) is 0. The molecule has 0 saturated carbocycles. The van der Waals surface area contributed by atoms with Crippen molar-refractivity contribution in [1.82, 2.24) is 15.1 Å². The minimum absolute atomic E-state index is 0.0830. The predicted molar refractivity (Wildman–Crippen MR) is 68.2 cm³/mol. The first-order chi connectivity index (χ1) is 8.63. The Bertz CT molecular complexity index is 424. The van der Waals surface area contributed by atoms with Gasteiger partial charge in [0, 0.05) is 25.1 Å². The van der Waals surface area contributed by atoms with E-state index in [4.69, 9.17) is 10.5 Å². The molecule has 0 aromatic carbocycles. The van der Waals surface area contributed by atoms with E-state index in [1.807, 2.05) is 13.8 Å². The molecule has 1 aromatic rings. The summed E-state index contributed by atoms with van der Waals surface area (Å²) in [6.07, 6.45) is 2.51. The first-order valence-electron chi connectivity index (χ1n) is 6.33. The van der Waals surface area contributed by atoms with Crippen molar-refractivity contribution < 1.29 is 9.53 Å². The third kappa shape index (κ3) is 2.48. The molecule has 1 fully saturated rings. The highest BCUT2D eigenvalue weighted by Gasteiger charge is 2.25. The van der Waals surface area contributed by atoms with Crippen molar-refractivity contribution in [1.29, 1.82) is 0 Å². The summed E-state index contributed by atoms with van der Waals surface area (Å²) in [6, 6.07) is 0.0830. The highest BCUT2D eigenvalue weighted by atomic mass is 16.5. The van der Waals surface area contributed by atoms with Crippen LogP contribution in [0.1, 0.15) is 30.8 Å². The molecule has 2 atom stereocenters. The number of nitrogens with two attached hydrogens (primary N) is 1. The highest BCUT2D eigenvalue weighted by molar-refractivity contribution is 5.97. The lowest BCUT2D eigenvalue weighted by Crippen LogP contribution is -2.39. The number of nitrogen functional groups attached to an aromatic ring is 1. The van der Waals surface area contributed by atoms with E-state index in [9.17, 15) is 4.79 Å². The lowest BCUT2D eigenvalue weighted by Gasteiger charge is -2.19. The fourth-order valence-corrected chi connectivity index (χ4v) is 2.23. The molecule has 1 saturated heterocycles. The number of nitrogens with one attached hydrogen (secondary N) is 1. The Morgan fingerprint density at radius 2 is 2.56 bits per heavy atom. The van der Waals surface area contributed by atoms with Gasteiger partial charge in [-0.25, -0.2) is 0 Å². The van der Waals surface area contributed by atoms with Crippen LogP contribution in [0.15, 0.2) is 6.20 Å². The van der Waals surface area contributed by atoms with Gasteiger partial charge in [0.15, 0.2) is 0 Å². The van der Waals surface area contributed by atoms with Gasteiger partial charge in [-0.15, -0.1) is 0 Å². The van der Waals surface area contributed by atoms with Crippen molar-refractivity contribution in [2.45, 2.75) is 32.9 Å². The molecule has 100 valence electrons. The predicted octanol–water partition coefficient (Wildman–Crippen LogP) is 0.640. The molecule has 2 heterocycles. The van der Waals surface area contributed by atoms with Crippen LogP contribution in [0.2, 0.25) is 0 Å². The van der Waals surface area contributed by atoms with Crippen LogP contribution in [-0.4, -0.2) is 34.9 Å². The van der Waals surface area contributed by atoms with Gasteiger partial charge >= 0.3 is 0 Å². The minimum atomic E-state index is -0.161. The Hall–Kier alpha value is -1.56. The Morgan fingerprint density at radius 1 is 1.78 bits per heavy atom. The van der Waals surface area contributed by atoms with Gasteiger partial charge in [-0.2, -0.15) is 5.10 Å². The number of nitrogens with zero attached hydrogens (tertiary/aromatic N) is 2. The molecule has 1 aliphatic heterocycles. The first kappa shape index (κ1) is 12.9. The smallest absolute Gasteiger partial charge is 0.271 e. The number of anilines is 1. The molecule has 6 heteroatoms. The maximum Gasteiger partial charge on any atom is 0.271 e. The molecule has 6 nitrogen and oxygen atoms in total. The number of amides is 1. The number of aromatic nitrogens is 2. The number of aryl methyl sites for hydroxylation is 1. The quantitative estimate of drug-likeness (QED) is 0.824. The van der Waals surface area contributed by atoms with Gasteiger partial charge in [0.25, 0.3) is 5.91 Å². The fraction of sp³-hybridized carbons (Fsp3) is 0.667. The molecule has 1 aromatic heterocycles. The van der Waals surface area contributed by atoms with E-state index in [2.05, 4.69) is 10.4 Å². The summed E-state index contributed by atoms with van der Waals surface area (Å²) >= 11 is 0. The monoisotopic (exact) mass is 252 g/mol. The van der Waals surface area contributed by atoms with Crippen LogP contribution in [0.3, 0.4) is 0 Å². The number of hydrogen-bond acceptors (Lipinski definition) is 4. The molecule has 1 aliphatic rings. The molecule has 2 unspecified atom stereocenters. The van der Waals surface area contributed by atoms with Gasteiger partial charge in [0.05, 0.1) is 18.5 Å². The maximum absolute atomic E-state index is 12.2. The molecule has 1 amide bonds. The van der Waals surface area contributed by atoms with E-state index in [0.29, 0.717) is 30.5 Å². The largest absolute Gasteiger partial charge is 0.396 e. The van der Waals surface area contributed by atoms with Gasteiger partial charge < -0.3 is 15.8 Å². The second-order valence-corrected chi connectivity index (χ2v) is 4.65. The highest BCUT2D eigenvalue weighted by Crippen LogP contribution is 2.17. The maximum atomic E-state index is 12.2. The summed E-state index contributed by atoms with van der Waals surface area (Å²) in [4.78, 5) is 12.2. The SMILES string of the molecule is CCn1ncc(N)c1C(=O)NC(C)C1CCOC1. The molecule has 0 bridgehead atoms. The standard InChI is InChI=1S/C12H20N4O2/c1-3-16-11(10(13)6-14-16)12(17)15-8(2)9-4-5-18-7-9/h6,8-9H,3-5,7,13H2,1-2H3,(H,15,17). The lowest BCUT2D eigenvalue weighted by molar-refractivity contribution is 0.0912. The molecular weight excluding hydrogens is 232 g/mol. The summed E-state index contributed by atoms with van der Waals surface area (Å²) in [5, 5.41) is 7.05. The lowest BCUT2D eigenvalue weighted by atomic mass is 10.0. The van der Waals surface area contributed by atoms with Crippen molar-refractivity contribution in [2.24, 2.45) is 5.92 Å². The number of hydrogen-bond donors (Lipinski definition) is 2. The Kier molecular flexibility index (Phi) is 3.86. The molecule has 3 N–H and O–H groups in total. The Morgan fingerprint density at radius 3 is 3.17 bits per heavy atom. The van der Waals surface area contributed by atoms with E-state index < -0.39 is 0 Å². The van der Waals surface area contributed by atoms with Crippen LogP contribution in [-0.2, 0) is 11.3 Å². The molecule has 0 aliphatic carbocycles. The average molecular weight is 252 g/mol. The summed E-state index contributed by atoms with van der Waals surface area (Å²) in [5.41, 5.74) is 6.65. The second-order valence-electron chi connectivity index (χ2n) is 4.65. The van der Waals surface area contributed by atoms with Gasteiger partial charge in [-0.3, -0.25) is 9.48 Å². The van der Waals surface area contributed by atoms with E-state index >= 15 is 0 Å². The van der Waals surface area contributed by atoms with Crippen LogP contribution in [0.5, 0.6) is 0 Å². The van der Waals surface area contributed by atoms with Gasteiger partial charge in [-0.1, -0.05) is 0 Å². The topological polar surface area (TPSA) is 82.2 Å². The molecule has 2 rings (SSSR count). The summed E-state index contributed by atoms with van der Waals surface area (Å²) in [5.74, 6) is 0.222. The second kappa shape index (κ2) is 5.39. The van der Waals surface area contributed by atoms with E-state index in [1.54, 1.807) is 4.68 Å². The molecule has 0 spiro atoms. The number of carbonyl (C=O) groups excluding carboxylic acids is 1. The number of ether oxygens (including phenoxy) is 1. The van der Waals surface area contributed by atoms with Crippen LogP contribution in [0.4, 0.5) is 5.69 Å². The van der Waals surface area contributed by atoms with Crippen LogP contribution in [0.25, 0.3) is 0 Å². The van der Waals surface area contributed by atoms with Gasteiger partial charge in [-0.05, 0) is 20.3 Å². The molecular formula is C12H20N4O2. The van der Waals surface area contributed by atoms with Crippen LogP contribution >= 0.6 is 0 Å². The van der Waals surface area contributed by atoms with Gasteiger partial charge in [0.2, 0.25) is 0 Å². The normalized spacial score (nSPS) is 20.9. The molecule has 0 radical (unpaired) electrons. The molecule has 18 heavy (non-hydrogen) atoms. The van der Waals surface area contributed by atoms with Crippen molar-refractivity contribution in [3.63, 3.8) is 0 Å². The van der Waals surface area contributed by atoms with E-state index in [-0.39, 0.29) is 11.9 Å². The Balaban J connectivity index is 2.04. The van der Waals surface area contributed by atoms with Crippen molar-refractivity contribution in [3.05, 3.63) is 11.9 Å². The fourth-order valence-electron chi connectivity index (χ4n) is 2.23. The number of carbonyl (C=O) groups is 1. The third-order valence-electron chi connectivity index (χ3n) is 3.41. The van der Waals surface area contributed by atoms with Gasteiger partial charge in [0.1, 0.15) is 5.69 Å². The van der Waals surface area contributed by atoms with Crippen molar-refractivity contribution >= 4 is 11.6 Å². The van der Waals surface area contributed by atoms with E-state index in [0.717, 1.165) is 13.0 Å². The van der Waals surface area contributed by atoms with Crippen LogP contribution in [0, 0.1) is 5.92 Å². The van der Waals surface area contributed by atoms with Crippen LogP contribution < -0.4 is 11.1 Å². The average Bonchev–Trinajstić information content (AvgIpc) is 2.97. The summed E-state index contributed by atoms with van der Waals surface area (Å²) < 4.78 is 6.94. The van der Waals surface area contributed by atoms with Crippen molar-refractivity contribution in [2.75, 3.05) is 18.9 Å². The Labute approximate surface area is 106 Å². The number of rotatable bonds is 4. The zero-order valence-electron chi connectivity index (χ0n) is 10.8. The van der Waals surface area contributed by atoms with Crippen molar-refractivity contribution in [3.8, 4) is 0 Å².